The molecule has 102 valence electrons. The molecule has 2 aliphatic heterocycles. The molecule has 2 saturated heterocycles. The minimum Gasteiger partial charge on any atom is -0.368 e. The number of amides is 1. The summed E-state index contributed by atoms with van der Waals surface area (Å²) in [5, 5.41) is 3.84. The molecule has 3 rings (SSSR count). The maximum absolute atomic E-state index is 11.3. The van der Waals surface area contributed by atoms with Gasteiger partial charge in [-0.05, 0) is 18.6 Å². The summed E-state index contributed by atoms with van der Waals surface area (Å²) in [7, 11) is 0. The van der Waals surface area contributed by atoms with Crippen LogP contribution in [0.15, 0.2) is 24.3 Å². The summed E-state index contributed by atoms with van der Waals surface area (Å²) in [4.78, 5) is 15.9. The highest BCUT2D eigenvalue weighted by atomic mass is 35.5. The van der Waals surface area contributed by atoms with Gasteiger partial charge in [0.2, 0.25) is 5.91 Å². The van der Waals surface area contributed by atoms with Crippen LogP contribution < -0.4 is 10.2 Å². The third-order valence-corrected chi connectivity index (χ3v) is 4.24. The maximum atomic E-state index is 11.3. The molecule has 2 aliphatic rings. The first kappa shape index (κ1) is 12.8. The highest BCUT2D eigenvalue weighted by Gasteiger charge is 2.29. The van der Waals surface area contributed by atoms with E-state index in [1.165, 1.54) is 0 Å². The number of carbonyl (C=O) groups excluding carboxylic acids is 1. The highest BCUT2D eigenvalue weighted by Crippen LogP contribution is 2.26. The number of piperazine rings is 1. The van der Waals surface area contributed by atoms with Crippen molar-refractivity contribution in [1.82, 2.24) is 10.2 Å². The molecule has 0 saturated carbocycles. The van der Waals surface area contributed by atoms with Crippen LogP contribution >= 0.6 is 11.6 Å². The standard InChI is InChI=1S/C14H18ClN3O/c15-11-3-1-2-4-12(11)17-7-9-18(10-8-17)13-5-6-14(19)16-13/h1-4,13H,5-10H2,(H,16,19)/t13-/m1/s1. The van der Waals surface area contributed by atoms with Crippen LogP contribution in [-0.4, -0.2) is 43.2 Å². The van der Waals surface area contributed by atoms with E-state index in [1.807, 2.05) is 18.2 Å². The van der Waals surface area contributed by atoms with E-state index in [2.05, 4.69) is 21.2 Å². The van der Waals surface area contributed by atoms with Crippen molar-refractivity contribution < 1.29 is 4.79 Å². The summed E-state index contributed by atoms with van der Waals surface area (Å²) in [6, 6.07) is 7.97. The Hall–Kier alpha value is -1.26. The van der Waals surface area contributed by atoms with Crippen LogP contribution in [0.3, 0.4) is 0 Å². The smallest absolute Gasteiger partial charge is 0.221 e. The van der Waals surface area contributed by atoms with E-state index < -0.39 is 0 Å². The number of benzene rings is 1. The second-order valence-electron chi connectivity index (χ2n) is 5.10. The van der Waals surface area contributed by atoms with E-state index >= 15 is 0 Å². The molecule has 0 spiro atoms. The lowest BCUT2D eigenvalue weighted by Gasteiger charge is -2.39. The molecule has 1 amide bonds. The fourth-order valence-corrected chi connectivity index (χ4v) is 3.11. The predicted molar refractivity (Wildman–Crippen MR) is 76.4 cm³/mol. The minimum atomic E-state index is 0.179. The molecule has 0 aliphatic carbocycles. The Kier molecular flexibility index (Phi) is 3.62. The number of rotatable bonds is 2. The molecular weight excluding hydrogens is 262 g/mol. The number of carbonyl (C=O) groups is 1. The van der Waals surface area contributed by atoms with Gasteiger partial charge in [0.25, 0.3) is 0 Å². The summed E-state index contributed by atoms with van der Waals surface area (Å²) in [5.41, 5.74) is 1.11. The zero-order valence-electron chi connectivity index (χ0n) is 10.8. The molecule has 0 radical (unpaired) electrons. The van der Waals surface area contributed by atoms with Gasteiger partial charge in [-0.25, -0.2) is 0 Å². The van der Waals surface area contributed by atoms with Gasteiger partial charge in [-0.1, -0.05) is 23.7 Å². The molecule has 0 bridgehead atoms. The van der Waals surface area contributed by atoms with Gasteiger partial charge in [-0.2, -0.15) is 0 Å². The van der Waals surface area contributed by atoms with Crippen LogP contribution in [0.25, 0.3) is 0 Å². The Labute approximate surface area is 118 Å². The summed E-state index contributed by atoms with van der Waals surface area (Å²) in [6.45, 7) is 3.85. The number of para-hydroxylation sites is 1. The van der Waals surface area contributed by atoms with E-state index in [1.54, 1.807) is 0 Å². The summed E-state index contributed by atoms with van der Waals surface area (Å²) >= 11 is 6.23. The van der Waals surface area contributed by atoms with E-state index in [0.717, 1.165) is 43.3 Å². The number of hydrogen-bond donors (Lipinski definition) is 1. The highest BCUT2D eigenvalue weighted by molar-refractivity contribution is 6.33. The first-order chi connectivity index (χ1) is 9.24. The Bertz CT molecular complexity index is 472. The second-order valence-corrected chi connectivity index (χ2v) is 5.50. The van der Waals surface area contributed by atoms with E-state index in [9.17, 15) is 4.79 Å². The number of nitrogens with zero attached hydrogens (tertiary/aromatic N) is 2. The molecule has 19 heavy (non-hydrogen) atoms. The van der Waals surface area contributed by atoms with E-state index in [-0.39, 0.29) is 12.1 Å². The van der Waals surface area contributed by atoms with Gasteiger partial charge in [0.1, 0.15) is 0 Å². The van der Waals surface area contributed by atoms with Gasteiger partial charge in [0, 0.05) is 32.6 Å². The Balaban J connectivity index is 1.60. The zero-order chi connectivity index (χ0) is 13.2. The van der Waals surface area contributed by atoms with Crippen LogP contribution in [0.2, 0.25) is 5.02 Å². The van der Waals surface area contributed by atoms with Crippen LogP contribution in [0.5, 0.6) is 0 Å². The second kappa shape index (κ2) is 5.39. The van der Waals surface area contributed by atoms with Crippen molar-refractivity contribution in [2.75, 3.05) is 31.1 Å². The van der Waals surface area contributed by atoms with Gasteiger partial charge in [-0.3, -0.25) is 9.69 Å². The van der Waals surface area contributed by atoms with Crippen molar-refractivity contribution in [3.05, 3.63) is 29.3 Å². The lowest BCUT2D eigenvalue weighted by Crippen LogP contribution is -2.53. The minimum absolute atomic E-state index is 0.179. The Morgan fingerprint density at radius 3 is 2.53 bits per heavy atom. The first-order valence-corrected chi connectivity index (χ1v) is 7.15. The van der Waals surface area contributed by atoms with Gasteiger partial charge in [-0.15, -0.1) is 0 Å². The molecule has 1 aromatic carbocycles. The summed E-state index contributed by atoms with van der Waals surface area (Å²) < 4.78 is 0. The molecule has 2 fully saturated rings. The molecule has 1 atom stereocenters. The molecule has 1 N–H and O–H groups in total. The average Bonchev–Trinajstić information content (AvgIpc) is 2.86. The molecule has 4 nitrogen and oxygen atoms in total. The molecule has 2 heterocycles. The van der Waals surface area contributed by atoms with Gasteiger partial charge < -0.3 is 10.2 Å². The number of nitrogens with one attached hydrogen (secondary N) is 1. The lowest BCUT2D eigenvalue weighted by molar-refractivity contribution is -0.119. The van der Waals surface area contributed by atoms with Crippen molar-refractivity contribution in [2.45, 2.75) is 19.0 Å². The third-order valence-electron chi connectivity index (χ3n) is 3.92. The first-order valence-electron chi connectivity index (χ1n) is 6.77. The molecule has 0 unspecified atom stereocenters. The van der Waals surface area contributed by atoms with Crippen LogP contribution in [0.1, 0.15) is 12.8 Å². The molecule has 0 aromatic heterocycles. The van der Waals surface area contributed by atoms with Crippen molar-refractivity contribution in [1.29, 1.82) is 0 Å². The normalized spacial score (nSPS) is 24.6. The third kappa shape index (κ3) is 2.69. The SMILES string of the molecule is O=C1CC[C@@H](N2CCN(c3ccccc3Cl)CC2)N1. The van der Waals surface area contributed by atoms with Crippen molar-refractivity contribution in [3.8, 4) is 0 Å². The van der Waals surface area contributed by atoms with Crippen molar-refractivity contribution in [3.63, 3.8) is 0 Å². The van der Waals surface area contributed by atoms with Gasteiger partial charge in [0.15, 0.2) is 0 Å². The quantitative estimate of drug-likeness (QED) is 0.895. The Morgan fingerprint density at radius 2 is 1.89 bits per heavy atom. The van der Waals surface area contributed by atoms with Gasteiger partial charge >= 0.3 is 0 Å². The largest absolute Gasteiger partial charge is 0.368 e. The predicted octanol–water partition coefficient (Wildman–Crippen LogP) is 1.70. The average molecular weight is 280 g/mol. The fraction of sp³-hybridized carbons (Fsp3) is 0.500. The van der Waals surface area contributed by atoms with Crippen molar-refractivity contribution in [2.24, 2.45) is 0 Å². The van der Waals surface area contributed by atoms with E-state index in [0.29, 0.717) is 6.42 Å². The maximum Gasteiger partial charge on any atom is 0.221 e. The topological polar surface area (TPSA) is 35.6 Å². The monoisotopic (exact) mass is 279 g/mol. The zero-order valence-corrected chi connectivity index (χ0v) is 11.6. The fourth-order valence-electron chi connectivity index (χ4n) is 2.85. The summed E-state index contributed by atoms with van der Waals surface area (Å²) in [5.74, 6) is 0.179. The van der Waals surface area contributed by atoms with Crippen LogP contribution in [0.4, 0.5) is 5.69 Å². The molecule has 5 heteroatoms. The van der Waals surface area contributed by atoms with E-state index in [4.69, 9.17) is 11.6 Å². The van der Waals surface area contributed by atoms with Crippen molar-refractivity contribution >= 4 is 23.2 Å². The summed E-state index contributed by atoms with van der Waals surface area (Å²) in [6.07, 6.45) is 1.83. The number of halogens is 1. The van der Waals surface area contributed by atoms with Crippen LogP contribution in [-0.2, 0) is 4.79 Å². The molecule has 1 aromatic rings. The lowest BCUT2D eigenvalue weighted by atomic mass is 10.2. The Morgan fingerprint density at radius 1 is 1.16 bits per heavy atom. The van der Waals surface area contributed by atoms with Crippen LogP contribution in [0, 0.1) is 0 Å². The number of anilines is 1. The molecular formula is C14H18ClN3O. The van der Waals surface area contributed by atoms with Gasteiger partial charge in [0.05, 0.1) is 16.9 Å². The number of hydrogen-bond acceptors (Lipinski definition) is 3.